The zero-order valence-corrected chi connectivity index (χ0v) is 23.0. The number of hydrogen-bond donors (Lipinski definition) is 4. The normalized spacial score (nSPS) is 10.8. The van der Waals surface area contributed by atoms with E-state index < -0.39 is 16.6 Å². The van der Waals surface area contributed by atoms with Crippen LogP contribution < -0.4 is 15.4 Å². The number of H-pyrrole nitrogens is 1. The van der Waals surface area contributed by atoms with Crippen LogP contribution >= 0.6 is 0 Å². The van der Waals surface area contributed by atoms with Crippen molar-refractivity contribution in [2.75, 3.05) is 12.4 Å². The number of para-hydroxylation sites is 1. The molecule has 0 aliphatic heterocycles. The third kappa shape index (κ3) is 6.37. The summed E-state index contributed by atoms with van der Waals surface area (Å²) in [6, 6.07) is 32.2. The van der Waals surface area contributed by atoms with Crippen molar-refractivity contribution >= 4 is 28.2 Å². The summed E-state index contributed by atoms with van der Waals surface area (Å²) in [6.07, 6.45) is 0. The summed E-state index contributed by atoms with van der Waals surface area (Å²) in [6.45, 7) is 0.238. The highest BCUT2D eigenvalue weighted by Crippen LogP contribution is 2.31. The zero-order chi connectivity index (χ0) is 28.8. The average Bonchev–Trinajstić information content (AvgIpc) is 3.46. The summed E-state index contributed by atoms with van der Waals surface area (Å²) >= 11 is 0. The van der Waals surface area contributed by atoms with Gasteiger partial charge in [0.05, 0.1) is 17.7 Å². The van der Waals surface area contributed by atoms with Crippen LogP contribution in [0.25, 0.3) is 22.4 Å². The van der Waals surface area contributed by atoms with Crippen LogP contribution in [-0.2, 0) is 17.2 Å². The Morgan fingerprint density at radius 1 is 0.780 bits per heavy atom. The number of carbonyl (C=O) groups excluding carboxylic acids is 2. The molecule has 9 heteroatoms. The second-order valence-corrected chi connectivity index (χ2v) is 10.2. The summed E-state index contributed by atoms with van der Waals surface area (Å²) in [5, 5.41) is 5.60. The van der Waals surface area contributed by atoms with Crippen LogP contribution in [0.5, 0.6) is 5.75 Å². The molecule has 8 nitrogen and oxygen atoms in total. The van der Waals surface area contributed by atoms with Gasteiger partial charge in [-0.1, -0.05) is 66.7 Å². The van der Waals surface area contributed by atoms with Gasteiger partial charge in [0.1, 0.15) is 11.4 Å². The van der Waals surface area contributed by atoms with Crippen molar-refractivity contribution in [2.24, 2.45) is 0 Å². The Kier molecular flexibility index (Phi) is 8.26. The minimum Gasteiger partial charge on any atom is -0.497 e. The van der Waals surface area contributed by atoms with E-state index in [2.05, 4.69) is 15.6 Å². The lowest BCUT2D eigenvalue weighted by Crippen LogP contribution is -2.23. The fourth-order valence-electron chi connectivity index (χ4n) is 4.38. The minimum atomic E-state index is -2.85. The lowest BCUT2D eigenvalue weighted by Gasteiger charge is -2.09. The Morgan fingerprint density at radius 2 is 1.46 bits per heavy atom. The highest BCUT2D eigenvalue weighted by molar-refractivity contribution is 7.72. The molecule has 0 aliphatic carbocycles. The molecule has 1 heterocycles. The first-order chi connectivity index (χ1) is 19.9. The highest BCUT2D eigenvalue weighted by Gasteiger charge is 2.18. The van der Waals surface area contributed by atoms with Gasteiger partial charge in [0, 0.05) is 23.4 Å². The van der Waals surface area contributed by atoms with Crippen LogP contribution in [0.2, 0.25) is 0 Å². The molecule has 4 aromatic carbocycles. The summed E-state index contributed by atoms with van der Waals surface area (Å²) in [5.41, 5.74) is 5.20. The molecule has 0 fully saturated rings. The van der Waals surface area contributed by atoms with Gasteiger partial charge in [-0.15, -0.1) is 0 Å². The molecule has 2 amide bonds. The van der Waals surface area contributed by atoms with Gasteiger partial charge in [-0.3, -0.25) is 9.59 Å². The maximum atomic E-state index is 13.4. The van der Waals surface area contributed by atoms with E-state index in [1.54, 1.807) is 43.5 Å². The first-order valence-electron chi connectivity index (χ1n) is 12.8. The van der Waals surface area contributed by atoms with Gasteiger partial charge in [0.15, 0.2) is 10.7 Å². The van der Waals surface area contributed by atoms with Gasteiger partial charge in [-0.25, -0.2) is 8.42 Å². The van der Waals surface area contributed by atoms with Crippen LogP contribution in [0.3, 0.4) is 0 Å². The summed E-state index contributed by atoms with van der Waals surface area (Å²) < 4.78 is 28.2. The van der Waals surface area contributed by atoms with E-state index in [-0.39, 0.29) is 23.0 Å². The molecule has 206 valence electrons. The van der Waals surface area contributed by atoms with E-state index in [1.165, 1.54) is 12.1 Å². The van der Waals surface area contributed by atoms with E-state index in [0.717, 1.165) is 33.7 Å². The summed E-state index contributed by atoms with van der Waals surface area (Å²) in [4.78, 5) is 29.4. The molecule has 0 saturated heterocycles. The Morgan fingerprint density at radius 3 is 2.15 bits per heavy atom. The Labute approximate surface area is 239 Å². The van der Waals surface area contributed by atoms with Gasteiger partial charge < -0.3 is 20.4 Å². The SMILES string of the molecule is COc1ccc(-c2cc(-c3ccccc3)[nH]c2C(=O)NCc2ccc(C(=O)Nc3ccccc3[SH](=O)=O)cc2)cc1. The number of rotatable bonds is 9. The van der Waals surface area contributed by atoms with Crippen LogP contribution in [0.4, 0.5) is 5.69 Å². The number of ether oxygens (including phenoxy) is 1. The van der Waals surface area contributed by atoms with Crippen molar-refractivity contribution in [1.29, 1.82) is 0 Å². The molecular formula is C32H27N3O5S. The van der Waals surface area contributed by atoms with Crippen LogP contribution in [0, 0.1) is 0 Å². The molecule has 41 heavy (non-hydrogen) atoms. The third-order valence-corrected chi connectivity index (χ3v) is 7.33. The second kappa shape index (κ2) is 12.4. The molecule has 1 aromatic heterocycles. The first-order valence-corrected chi connectivity index (χ1v) is 14.0. The van der Waals surface area contributed by atoms with E-state index in [1.807, 2.05) is 60.7 Å². The number of carbonyl (C=O) groups is 2. The molecule has 5 rings (SSSR count). The van der Waals surface area contributed by atoms with Crippen molar-refractivity contribution in [3.05, 3.63) is 126 Å². The molecule has 5 aromatic rings. The standard InChI is InChI=1S/C32H27N3O5S/c1-40-25-17-15-22(16-18-25)26-19-28(23-7-3-2-4-8-23)34-30(26)32(37)33-20-21-11-13-24(14-12-21)31(36)35-27-9-5-6-10-29(27)41(38)39/h2-19,34,41H,20H2,1H3,(H,33,37)(H,35,36). The van der Waals surface area contributed by atoms with Gasteiger partial charge in [-0.2, -0.15) is 0 Å². The molecule has 0 radical (unpaired) electrons. The number of anilines is 1. The Balaban J connectivity index is 1.31. The lowest BCUT2D eigenvalue weighted by atomic mass is 10.0. The Hall–Kier alpha value is -5.15. The summed E-state index contributed by atoms with van der Waals surface area (Å²) in [7, 11) is -1.24. The molecule has 0 aliphatic rings. The molecule has 0 saturated carbocycles. The number of benzene rings is 4. The molecule has 0 bridgehead atoms. The smallest absolute Gasteiger partial charge is 0.268 e. The van der Waals surface area contributed by atoms with E-state index in [0.29, 0.717) is 11.3 Å². The van der Waals surface area contributed by atoms with Crippen LogP contribution in [-0.4, -0.2) is 32.3 Å². The fourth-order valence-corrected chi connectivity index (χ4v) is 4.92. The number of thiol groups is 1. The number of aromatic nitrogens is 1. The van der Waals surface area contributed by atoms with Crippen molar-refractivity contribution in [2.45, 2.75) is 11.4 Å². The largest absolute Gasteiger partial charge is 0.497 e. The quantitative estimate of drug-likeness (QED) is 0.176. The number of nitrogens with one attached hydrogen (secondary N) is 3. The predicted octanol–water partition coefficient (Wildman–Crippen LogP) is 5.51. The number of hydrogen-bond acceptors (Lipinski definition) is 5. The molecular weight excluding hydrogens is 538 g/mol. The van der Waals surface area contributed by atoms with Gasteiger partial charge in [-0.05, 0) is 59.2 Å². The molecule has 3 N–H and O–H groups in total. The first kappa shape index (κ1) is 27.4. The monoisotopic (exact) mass is 565 g/mol. The van der Waals surface area contributed by atoms with Gasteiger partial charge >= 0.3 is 0 Å². The minimum absolute atomic E-state index is 0.0453. The molecule has 0 unspecified atom stereocenters. The maximum absolute atomic E-state index is 13.4. The zero-order valence-electron chi connectivity index (χ0n) is 22.1. The maximum Gasteiger partial charge on any atom is 0.268 e. The van der Waals surface area contributed by atoms with Gasteiger partial charge in [0.2, 0.25) is 0 Å². The van der Waals surface area contributed by atoms with Crippen LogP contribution in [0.15, 0.2) is 114 Å². The van der Waals surface area contributed by atoms with Crippen molar-refractivity contribution in [3.8, 4) is 28.1 Å². The van der Waals surface area contributed by atoms with E-state index in [4.69, 9.17) is 4.74 Å². The second-order valence-electron chi connectivity index (χ2n) is 9.17. The fraction of sp³-hybridized carbons (Fsp3) is 0.0625. The van der Waals surface area contributed by atoms with Crippen molar-refractivity contribution in [1.82, 2.24) is 10.3 Å². The number of methoxy groups -OCH3 is 1. The number of amides is 2. The van der Waals surface area contributed by atoms with Crippen molar-refractivity contribution < 1.29 is 22.7 Å². The third-order valence-electron chi connectivity index (χ3n) is 6.55. The average molecular weight is 566 g/mol. The lowest BCUT2D eigenvalue weighted by molar-refractivity contribution is 0.0946. The summed E-state index contributed by atoms with van der Waals surface area (Å²) in [5.74, 6) is 0.0118. The van der Waals surface area contributed by atoms with Crippen molar-refractivity contribution in [3.63, 3.8) is 0 Å². The van der Waals surface area contributed by atoms with Gasteiger partial charge in [0.25, 0.3) is 11.8 Å². The van der Waals surface area contributed by atoms with E-state index >= 15 is 0 Å². The topological polar surface area (TPSA) is 117 Å². The molecule has 0 spiro atoms. The highest BCUT2D eigenvalue weighted by atomic mass is 32.2. The predicted molar refractivity (Wildman–Crippen MR) is 159 cm³/mol. The number of aromatic amines is 1. The van der Waals surface area contributed by atoms with Crippen LogP contribution in [0.1, 0.15) is 26.4 Å². The van der Waals surface area contributed by atoms with E-state index in [9.17, 15) is 18.0 Å². The Bertz CT molecular complexity index is 1750. The molecule has 0 atom stereocenters.